The van der Waals surface area contributed by atoms with Gasteiger partial charge in [0.2, 0.25) is 0 Å². The van der Waals surface area contributed by atoms with E-state index in [1.165, 1.54) is 18.4 Å². The zero-order chi connectivity index (χ0) is 7.94. The minimum absolute atomic E-state index is 0.386. The van der Waals surface area contributed by atoms with E-state index < -0.39 is 0 Å². The van der Waals surface area contributed by atoms with Gasteiger partial charge in [0.15, 0.2) is 0 Å². The number of ether oxygens (including phenoxy) is 1. The molecule has 1 aliphatic heterocycles. The number of nitrogens with one attached hydrogen (secondary N) is 1. The van der Waals surface area contributed by atoms with Crippen LogP contribution in [0.4, 0.5) is 0 Å². The Morgan fingerprint density at radius 1 is 1.64 bits per heavy atom. The van der Waals surface area contributed by atoms with E-state index in [-0.39, 0.29) is 0 Å². The van der Waals surface area contributed by atoms with Crippen molar-refractivity contribution in [3.05, 3.63) is 11.6 Å². The molecule has 2 nitrogen and oxygen atoms in total. The highest BCUT2D eigenvalue weighted by Gasteiger charge is 2.11. The molecule has 1 saturated heterocycles. The highest BCUT2D eigenvalue weighted by molar-refractivity contribution is 6.25. The SMILES string of the molecule is ClC=CCOC1CCCNC1. The lowest BCUT2D eigenvalue weighted by molar-refractivity contribution is 0.0559. The summed E-state index contributed by atoms with van der Waals surface area (Å²) in [6.45, 7) is 2.75. The molecule has 3 heteroatoms. The Hall–Kier alpha value is -0.0500. The van der Waals surface area contributed by atoms with Gasteiger partial charge in [0.25, 0.3) is 0 Å². The third-order valence-electron chi connectivity index (χ3n) is 1.77. The maximum absolute atomic E-state index is 5.49. The van der Waals surface area contributed by atoms with Gasteiger partial charge >= 0.3 is 0 Å². The lowest BCUT2D eigenvalue weighted by Crippen LogP contribution is -2.35. The van der Waals surface area contributed by atoms with E-state index in [9.17, 15) is 0 Å². The molecule has 1 aliphatic rings. The smallest absolute Gasteiger partial charge is 0.0704 e. The summed E-state index contributed by atoms with van der Waals surface area (Å²) in [5.41, 5.74) is 1.50. The van der Waals surface area contributed by atoms with Crippen molar-refractivity contribution >= 4 is 11.6 Å². The lowest BCUT2D eigenvalue weighted by Gasteiger charge is -2.22. The van der Waals surface area contributed by atoms with Crippen molar-refractivity contribution in [2.75, 3.05) is 19.7 Å². The summed E-state index contributed by atoms with van der Waals surface area (Å²) < 4.78 is 5.49. The van der Waals surface area contributed by atoms with E-state index in [1.807, 2.05) is 6.08 Å². The van der Waals surface area contributed by atoms with Crippen LogP contribution in [0.5, 0.6) is 0 Å². The predicted octanol–water partition coefficient (Wildman–Crippen LogP) is 1.51. The first-order chi connectivity index (χ1) is 5.43. The monoisotopic (exact) mass is 175 g/mol. The first-order valence-corrected chi connectivity index (χ1v) is 4.44. The zero-order valence-electron chi connectivity index (χ0n) is 6.55. The maximum Gasteiger partial charge on any atom is 0.0704 e. The third-order valence-corrected chi connectivity index (χ3v) is 1.95. The fourth-order valence-corrected chi connectivity index (χ4v) is 1.26. The number of piperidine rings is 1. The first kappa shape index (κ1) is 9.04. The summed E-state index contributed by atoms with van der Waals surface area (Å²) in [4.78, 5) is 0. The summed E-state index contributed by atoms with van der Waals surface area (Å²) >= 11 is 5.34. The van der Waals surface area contributed by atoms with Gasteiger partial charge in [-0.05, 0) is 25.5 Å². The quantitative estimate of drug-likeness (QED) is 0.702. The Bertz CT molecular complexity index is 121. The van der Waals surface area contributed by atoms with Crippen molar-refractivity contribution in [2.24, 2.45) is 0 Å². The van der Waals surface area contributed by atoms with Crippen LogP contribution in [0.1, 0.15) is 12.8 Å². The van der Waals surface area contributed by atoms with Crippen molar-refractivity contribution in [1.29, 1.82) is 0 Å². The van der Waals surface area contributed by atoms with Crippen LogP contribution in [0.3, 0.4) is 0 Å². The standard InChI is InChI=1S/C8H14ClNO/c9-4-2-6-11-8-3-1-5-10-7-8/h2,4,8,10H,1,3,5-7H2. The molecule has 0 saturated carbocycles. The number of rotatable bonds is 3. The Morgan fingerprint density at radius 3 is 3.18 bits per heavy atom. The van der Waals surface area contributed by atoms with Gasteiger partial charge in [-0.2, -0.15) is 0 Å². The van der Waals surface area contributed by atoms with Gasteiger partial charge in [-0.25, -0.2) is 0 Å². The van der Waals surface area contributed by atoms with E-state index in [0.717, 1.165) is 13.1 Å². The van der Waals surface area contributed by atoms with Crippen LogP contribution in [0, 0.1) is 0 Å². The molecule has 11 heavy (non-hydrogen) atoms. The van der Waals surface area contributed by atoms with Crippen LogP contribution >= 0.6 is 11.6 Å². The van der Waals surface area contributed by atoms with E-state index in [1.54, 1.807) is 0 Å². The fourth-order valence-electron chi connectivity index (χ4n) is 1.19. The van der Waals surface area contributed by atoms with Gasteiger partial charge in [-0.15, -0.1) is 0 Å². The molecule has 0 spiro atoms. The Balaban J connectivity index is 2.04. The molecule has 1 fully saturated rings. The van der Waals surface area contributed by atoms with Crippen molar-refractivity contribution in [3.8, 4) is 0 Å². The molecule has 1 N–H and O–H groups in total. The normalized spacial score (nSPS) is 26.1. The Labute approximate surface area is 72.6 Å². The molecule has 0 aromatic heterocycles. The van der Waals surface area contributed by atoms with Gasteiger partial charge < -0.3 is 10.1 Å². The van der Waals surface area contributed by atoms with E-state index in [4.69, 9.17) is 16.3 Å². The zero-order valence-corrected chi connectivity index (χ0v) is 7.31. The van der Waals surface area contributed by atoms with Crippen LogP contribution < -0.4 is 5.32 Å². The molecule has 1 heterocycles. The molecule has 0 aromatic rings. The largest absolute Gasteiger partial charge is 0.373 e. The van der Waals surface area contributed by atoms with E-state index in [2.05, 4.69) is 5.32 Å². The minimum atomic E-state index is 0.386. The van der Waals surface area contributed by atoms with Gasteiger partial charge in [-0.3, -0.25) is 0 Å². The number of halogens is 1. The maximum atomic E-state index is 5.49. The Morgan fingerprint density at radius 2 is 2.55 bits per heavy atom. The van der Waals surface area contributed by atoms with Gasteiger partial charge in [0.05, 0.1) is 12.7 Å². The molecule has 1 unspecified atom stereocenters. The summed E-state index contributed by atoms with van der Waals surface area (Å²) in [5, 5.41) is 3.28. The van der Waals surface area contributed by atoms with Gasteiger partial charge in [-0.1, -0.05) is 11.6 Å². The third kappa shape index (κ3) is 3.75. The van der Waals surface area contributed by atoms with Crippen LogP contribution in [0.15, 0.2) is 11.6 Å². The second-order valence-electron chi connectivity index (χ2n) is 2.66. The highest BCUT2D eigenvalue weighted by atomic mass is 35.5. The molecular formula is C8H14ClNO. The molecule has 64 valence electrons. The molecule has 0 radical (unpaired) electrons. The molecular weight excluding hydrogens is 162 g/mol. The summed E-state index contributed by atoms with van der Waals surface area (Å²) in [5.74, 6) is 0. The van der Waals surface area contributed by atoms with Crippen molar-refractivity contribution in [2.45, 2.75) is 18.9 Å². The van der Waals surface area contributed by atoms with Crippen molar-refractivity contribution < 1.29 is 4.74 Å². The summed E-state index contributed by atoms with van der Waals surface area (Å²) in [6, 6.07) is 0. The minimum Gasteiger partial charge on any atom is -0.373 e. The molecule has 0 bridgehead atoms. The van der Waals surface area contributed by atoms with Crippen molar-refractivity contribution in [3.63, 3.8) is 0 Å². The molecule has 0 aromatic carbocycles. The van der Waals surface area contributed by atoms with Crippen LogP contribution in [0.25, 0.3) is 0 Å². The molecule has 1 atom stereocenters. The van der Waals surface area contributed by atoms with Crippen LogP contribution in [0.2, 0.25) is 0 Å². The van der Waals surface area contributed by atoms with Crippen molar-refractivity contribution in [1.82, 2.24) is 5.32 Å². The first-order valence-electron chi connectivity index (χ1n) is 4.01. The summed E-state index contributed by atoms with van der Waals surface area (Å²) in [6.07, 6.45) is 4.59. The van der Waals surface area contributed by atoms with Crippen LogP contribution in [-0.2, 0) is 4.74 Å². The second kappa shape index (κ2) is 5.58. The van der Waals surface area contributed by atoms with E-state index in [0.29, 0.717) is 12.7 Å². The van der Waals surface area contributed by atoms with E-state index >= 15 is 0 Å². The average Bonchev–Trinajstić information content (AvgIpc) is 2.07. The Kier molecular flexibility index (Phi) is 4.59. The molecule has 0 aliphatic carbocycles. The highest BCUT2D eigenvalue weighted by Crippen LogP contribution is 2.05. The van der Waals surface area contributed by atoms with Gasteiger partial charge in [0.1, 0.15) is 0 Å². The number of hydrogen-bond donors (Lipinski definition) is 1. The molecule has 0 amide bonds. The predicted molar refractivity (Wildman–Crippen MR) is 46.8 cm³/mol. The second-order valence-corrected chi connectivity index (χ2v) is 2.92. The van der Waals surface area contributed by atoms with Crippen LogP contribution in [-0.4, -0.2) is 25.8 Å². The number of hydrogen-bond acceptors (Lipinski definition) is 2. The molecule has 1 rings (SSSR count). The average molecular weight is 176 g/mol. The topological polar surface area (TPSA) is 21.3 Å². The lowest BCUT2D eigenvalue weighted by atomic mass is 10.1. The fraction of sp³-hybridized carbons (Fsp3) is 0.750. The van der Waals surface area contributed by atoms with Gasteiger partial charge in [0, 0.05) is 12.1 Å². The summed E-state index contributed by atoms with van der Waals surface area (Å²) in [7, 11) is 0.